The van der Waals surface area contributed by atoms with Crippen molar-refractivity contribution in [1.82, 2.24) is 15.3 Å². The SMILES string of the molecule is Cc1nc(-c2ncccc2Cl)sc1CNC(C)C. The van der Waals surface area contributed by atoms with Crippen molar-refractivity contribution in [2.45, 2.75) is 33.4 Å². The molecule has 0 aromatic carbocycles. The summed E-state index contributed by atoms with van der Waals surface area (Å²) in [6.45, 7) is 7.12. The smallest absolute Gasteiger partial charge is 0.143 e. The van der Waals surface area contributed by atoms with Crippen LogP contribution in [0.15, 0.2) is 18.3 Å². The van der Waals surface area contributed by atoms with Gasteiger partial charge in [0, 0.05) is 23.7 Å². The summed E-state index contributed by atoms with van der Waals surface area (Å²) in [4.78, 5) is 10.1. The highest BCUT2D eigenvalue weighted by molar-refractivity contribution is 7.15. The van der Waals surface area contributed by atoms with Crippen molar-refractivity contribution in [3.8, 4) is 10.7 Å². The third-order valence-corrected chi connectivity index (χ3v) is 3.99. The zero-order valence-electron chi connectivity index (χ0n) is 10.7. The molecule has 18 heavy (non-hydrogen) atoms. The molecule has 0 atom stereocenters. The van der Waals surface area contributed by atoms with Crippen LogP contribution in [0.1, 0.15) is 24.4 Å². The molecule has 1 N–H and O–H groups in total. The molecule has 96 valence electrons. The number of aromatic nitrogens is 2. The van der Waals surface area contributed by atoms with Crippen LogP contribution < -0.4 is 5.32 Å². The molecule has 0 unspecified atom stereocenters. The maximum absolute atomic E-state index is 6.14. The Balaban J connectivity index is 2.26. The van der Waals surface area contributed by atoms with Crippen LogP contribution in [-0.4, -0.2) is 16.0 Å². The monoisotopic (exact) mass is 281 g/mol. The quantitative estimate of drug-likeness (QED) is 0.929. The van der Waals surface area contributed by atoms with Gasteiger partial charge in [0.25, 0.3) is 0 Å². The van der Waals surface area contributed by atoms with E-state index in [0.29, 0.717) is 11.1 Å². The van der Waals surface area contributed by atoms with Crippen molar-refractivity contribution in [1.29, 1.82) is 0 Å². The minimum absolute atomic E-state index is 0.466. The molecule has 2 aromatic rings. The Labute approximate surface area is 116 Å². The molecule has 2 aromatic heterocycles. The fourth-order valence-electron chi connectivity index (χ4n) is 1.53. The van der Waals surface area contributed by atoms with Gasteiger partial charge in [0.15, 0.2) is 0 Å². The van der Waals surface area contributed by atoms with Crippen LogP contribution in [0.4, 0.5) is 0 Å². The predicted octanol–water partition coefficient (Wildman–Crippen LogP) is 3.66. The van der Waals surface area contributed by atoms with Crippen LogP contribution in [0.3, 0.4) is 0 Å². The molecule has 0 aliphatic rings. The third-order valence-electron chi connectivity index (χ3n) is 2.52. The van der Waals surface area contributed by atoms with Crippen LogP contribution in [0.25, 0.3) is 10.7 Å². The molecule has 2 heterocycles. The maximum Gasteiger partial charge on any atom is 0.143 e. The van der Waals surface area contributed by atoms with E-state index in [1.165, 1.54) is 4.88 Å². The summed E-state index contributed by atoms with van der Waals surface area (Å²) in [6.07, 6.45) is 1.74. The first-order chi connectivity index (χ1) is 8.58. The van der Waals surface area contributed by atoms with E-state index in [2.05, 4.69) is 29.1 Å². The molecular formula is C13H16ClN3S. The van der Waals surface area contributed by atoms with Crippen molar-refractivity contribution in [3.05, 3.63) is 33.9 Å². The number of halogens is 1. The van der Waals surface area contributed by atoms with Gasteiger partial charge in [-0.25, -0.2) is 4.98 Å². The molecule has 0 saturated carbocycles. The average molecular weight is 282 g/mol. The number of rotatable bonds is 4. The Kier molecular flexibility index (Phi) is 4.32. The summed E-state index contributed by atoms with van der Waals surface area (Å²) in [7, 11) is 0. The zero-order chi connectivity index (χ0) is 13.1. The Hall–Kier alpha value is -0.970. The van der Waals surface area contributed by atoms with Crippen molar-refractivity contribution < 1.29 is 0 Å². The molecule has 0 spiro atoms. The first kappa shape index (κ1) is 13.5. The predicted molar refractivity (Wildman–Crippen MR) is 77.1 cm³/mol. The van der Waals surface area contributed by atoms with E-state index >= 15 is 0 Å². The van der Waals surface area contributed by atoms with Crippen LogP contribution >= 0.6 is 22.9 Å². The van der Waals surface area contributed by atoms with Gasteiger partial charge in [-0.1, -0.05) is 25.4 Å². The van der Waals surface area contributed by atoms with E-state index in [-0.39, 0.29) is 0 Å². The van der Waals surface area contributed by atoms with E-state index in [0.717, 1.165) is 22.9 Å². The summed E-state index contributed by atoms with van der Waals surface area (Å²) in [5.41, 5.74) is 1.81. The number of hydrogen-bond donors (Lipinski definition) is 1. The fraction of sp³-hybridized carbons (Fsp3) is 0.385. The minimum atomic E-state index is 0.466. The van der Waals surface area contributed by atoms with Gasteiger partial charge >= 0.3 is 0 Å². The number of aryl methyl sites for hydroxylation is 1. The normalized spacial score (nSPS) is 11.2. The first-order valence-electron chi connectivity index (χ1n) is 5.88. The van der Waals surface area contributed by atoms with Gasteiger partial charge in [0.1, 0.15) is 10.7 Å². The number of thiazole rings is 1. The molecule has 2 rings (SSSR count). The maximum atomic E-state index is 6.14. The second kappa shape index (κ2) is 5.78. The van der Waals surface area contributed by atoms with Gasteiger partial charge < -0.3 is 5.32 Å². The molecule has 0 radical (unpaired) electrons. The molecule has 5 heteroatoms. The third kappa shape index (κ3) is 3.07. The van der Waals surface area contributed by atoms with Gasteiger partial charge in [-0.3, -0.25) is 4.98 Å². The number of pyridine rings is 1. The standard InChI is InChI=1S/C13H16ClN3S/c1-8(2)16-7-11-9(3)17-13(18-11)12-10(14)5-4-6-15-12/h4-6,8,16H,7H2,1-3H3. The largest absolute Gasteiger partial charge is 0.310 e. The Bertz CT molecular complexity index is 537. The molecule has 0 aliphatic carbocycles. The molecule has 0 fully saturated rings. The van der Waals surface area contributed by atoms with E-state index < -0.39 is 0 Å². The van der Waals surface area contributed by atoms with Crippen LogP contribution in [0.5, 0.6) is 0 Å². The lowest BCUT2D eigenvalue weighted by molar-refractivity contribution is 0.591. The summed E-state index contributed by atoms with van der Waals surface area (Å²) in [5, 5.41) is 4.93. The van der Waals surface area contributed by atoms with Crippen LogP contribution in [0.2, 0.25) is 5.02 Å². The van der Waals surface area contributed by atoms with Gasteiger partial charge in [-0.15, -0.1) is 11.3 Å². The summed E-state index contributed by atoms with van der Waals surface area (Å²) < 4.78 is 0. The molecule has 0 bridgehead atoms. The van der Waals surface area contributed by atoms with Crippen molar-refractivity contribution in [2.75, 3.05) is 0 Å². The van der Waals surface area contributed by atoms with E-state index in [9.17, 15) is 0 Å². The average Bonchev–Trinajstić information content (AvgIpc) is 2.68. The fourth-order valence-corrected chi connectivity index (χ4v) is 2.82. The van der Waals surface area contributed by atoms with E-state index in [1.54, 1.807) is 17.5 Å². The van der Waals surface area contributed by atoms with Gasteiger partial charge in [-0.05, 0) is 19.1 Å². The summed E-state index contributed by atoms with van der Waals surface area (Å²) in [6, 6.07) is 4.13. The highest BCUT2D eigenvalue weighted by Gasteiger charge is 2.12. The lowest BCUT2D eigenvalue weighted by atomic mass is 10.3. The highest BCUT2D eigenvalue weighted by Crippen LogP contribution is 2.30. The Morgan fingerprint density at radius 3 is 2.89 bits per heavy atom. The molecule has 0 aliphatic heterocycles. The topological polar surface area (TPSA) is 37.8 Å². The van der Waals surface area contributed by atoms with Crippen molar-refractivity contribution >= 4 is 22.9 Å². The molecule has 3 nitrogen and oxygen atoms in total. The highest BCUT2D eigenvalue weighted by atomic mass is 35.5. The summed E-state index contributed by atoms with van der Waals surface area (Å²) >= 11 is 7.78. The first-order valence-corrected chi connectivity index (χ1v) is 7.08. The van der Waals surface area contributed by atoms with Gasteiger partial charge in [0.2, 0.25) is 0 Å². The van der Waals surface area contributed by atoms with E-state index in [4.69, 9.17) is 11.6 Å². The van der Waals surface area contributed by atoms with Gasteiger partial charge in [0.05, 0.1) is 10.7 Å². The Morgan fingerprint density at radius 1 is 1.44 bits per heavy atom. The summed E-state index contributed by atoms with van der Waals surface area (Å²) in [5.74, 6) is 0. The second-order valence-electron chi connectivity index (χ2n) is 4.40. The Morgan fingerprint density at radius 2 is 2.22 bits per heavy atom. The van der Waals surface area contributed by atoms with Crippen molar-refractivity contribution in [3.63, 3.8) is 0 Å². The van der Waals surface area contributed by atoms with E-state index in [1.807, 2.05) is 19.1 Å². The zero-order valence-corrected chi connectivity index (χ0v) is 12.3. The second-order valence-corrected chi connectivity index (χ2v) is 5.89. The van der Waals surface area contributed by atoms with Crippen LogP contribution in [-0.2, 0) is 6.54 Å². The number of hydrogen-bond acceptors (Lipinski definition) is 4. The van der Waals surface area contributed by atoms with Crippen molar-refractivity contribution in [2.24, 2.45) is 0 Å². The lowest BCUT2D eigenvalue weighted by Crippen LogP contribution is -2.21. The number of nitrogens with zero attached hydrogens (tertiary/aromatic N) is 2. The van der Waals surface area contributed by atoms with Crippen LogP contribution in [0, 0.1) is 6.92 Å². The molecular weight excluding hydrogens is 266 g/mol. The molecule has 0 saturated heterocycles. The molecule has 0 amide bonds. The lowest BCUT2D eigenvalue weighted by Gasteiger charge is -2.05. The van der Waals surface area contributed by atoms with Gasteiger partial charge in [-0.2, -0.15) is 0 Å². The number of nitrogens with one attached hydrogen (secondary N) is 1. The minimum Gasteiger partial charge on any atom is -0.310 e.